The highest BCUT2D eigenvalue weighted by molar-refractivity contribution is 7.99. The maximum atomic E-state index is 13.4. The van der Waals surface area contributed by atoms with Gasteiger partial charge >= 0.3 is 0 Å². The Morgan fingerprint density at radius 3 is 2.55 bits per heavy atom. The largest absolute Gasteiger partial charge is 0.457 e. The molecule has 0 unspecified atom stereocenters. The summed E-state index contributed by atoms with van der Waals surface area (Å²) in [5, 5.41) is 6.17. The van der Waals surface area contributed by atoms with Crippen LogP contribution < -0.4 is 15.4 Å². The van der Waals surface area contributed by atoms with Crippen LogP contribution in [-0.4, -0.2) is 72.2 Å². The average molecular weight is 586 g/mol. The van der Waals surface area contributed by atoms with Gasteiger partial charge in [-0.15, -0.1) is 11.8 Å². The van der Waals surface area contributed by atoms with Crippen LogP contribution in [0.25, 0.3) is 0 Å². The molecule has 0 spiro atoms. The molecule has 2 atom stereocenters. The summed E-state index contributed by atoms with van der Waals surface area (Å²) in [5.41, 5.74) is 0.977. The first kappa shape index (κ1) is 30.8. The molecule has 9 heteroatoms. The van der Waals surface area contributed by atoms with E-state index in [4.69, 9.17) is 9.47 Å². The highest BCUT2D eigenvalue weighted by atomic mass is 32.2. The predicted octanol–water partition coefficient (Wildman–Crippen LogP) is 5.30. The summed E-state index contributed by atoms with van der Waals surface area (Å²) < 4.78 is 11.1. The Kier molecular flexibility index (Phi) is 13.0. The van der Waals surface area contributed by atoms with E-state index in [1.54, 1.807) is 30.6 Å². The van der Waals surface area contributed by atoms with Gasteiger partial charge in [0.05, 0.1) is 6.04 Å². The monoisotopic (exact) mass is 585 g/mol. The Hall–Kier alpha value is -2.20. The molecule has 4 rings (SSSR count). The molecular weight excluding hydrogens is 542 g/mol. The van der Waals surface area contributed by atoms with Crippen molar-refractivity contribution in [1.29, 1.82) is 0 Å². The zero-order valence-electron chi connectivity index (χ0n) is 23.5. The maximum Gasteiger partial charge on any atom is 0.243 e. The lowest BCUT2D eigenvalue weighted by atomic mass is 9.91. The second kappa shape index (κ2) is 16.9. The van der Waals surface area contributed by atoms with Crippen LogP contribution in [0.4, 0.5) is 0 Å². The number of amides is 2. The Morgan fingerprint density at radius 1 is 1.05 bits per heavy atom. The fourth-order valence-corrected chi connectivity index (χ4v) is 7.63. The Balaban J connectivity index is 1.31. The molecule has 1 aliphatic carbocycles. The van der Waals surface area contributed by atoms with Gasteiger partial charge in [-0.25, -0.2) is 0 Å². The van der Waals surface area contributed by atoms with Crippen molar-refractivity contribution in [2.24, 2.45) is 5.92 Å². The summed E-state index contributed by atoms with van der Waals surface area (Å²) in [6, 6.07) is 16.6. The van der Waals surface area contributed by atoms with Crippen LogP contribution in [0, 0.1) is 5.92 Å². The third-order valence-electron chi connectivity index (χ3n) is 7.43. The Labute approximate surface area is 247 Å². The second-order valence-electron chi connectivity index (χ2n) is 10.6. The van der Waals surface area contributed by atoms with E-state index >= 15 is 0 Å². The summed E-state index contributed by atoms with van der Waals surface area (Å²) >= 11 is 3.56. The minimum absolute atomic E-state index is 0.0525. The molecule has 1 saturated heterocycles. The molecule has 0 radical (unpaired) electrons. The van der Waals surface area contributed by atoms with Gasteiger partial charge in [0.25, 0.3) is 0 Å². The number of thioether (sulfide) groups is 2. The lowest BCUT2D eigenvalue weighted by molar-refractivity contribution is -0.130. The van der Waals surface area contributed by atoms with E-state index in [0.717, 1.165) is 53.3 Å². The number of methoxy groups -OCH3 is 1. The summed E-state index contributed by atoms with van der Waals surface area (Å²) in [4.78, 5) is 28.9. The number of nitrogens with one attached hydrogen (secondary N) is 2. The number of hydrogen-bond donors (Lipinski definition) is 2. The third kappa shape index (κ3) is 10.0. The molecule has 218 valence electrons. The Morgan fingerprint density at radius 2 is 1.80 bits per heavy atom. The highest BCUT2D eigenvalue weighted by Crippen LogP contribution is 2.27. The number of carbonyl (C=O) groups excluding carboxylic acids is 2. The molecule has 2 aromatic carbocycles. The number of hydrogen-bond acceptors (Lipinski definition) is 7. The van der Waals surface area contributed by atoms with E-state index in [1.165, 1.54) is 32.1 Å². The predicted molar refractivity (Wildman–Crippen MR) is 165 cm³/mol. The average Bonchev–Trinajstić information content (AvgIpc) is 3.46. The van der Waals surface area contributed by atoms with Gasteiger partial charge in [0.2, 0.25) is 11.8 Å². The summed E-state index contributed by atoms with van der Waals surface area (Å²) in [5.74, 6) is 5.28. The first-order chi connectivity index (χ1) is 19.6. The molecule has 2 fully saturated rings. The SMILES string of the molecule is COCCCN1CSC[C@H]1C(=O)N[C@@H](CSCC1CCCCC1)C(=O)NCc1ccc(Oc2ccccc2)cc1. The van der Waals surface area contributed by atoms with E-state index in [2.05, 4.69) is 15.5 Å². The zero-order valence-corrected chi connectivity index (χ0v) is 25.2. The lowest BCUT2D eigenvalue weighted by Gasteiger charge is -2.26. The van der Waals surface area contributed by atoms with E-state index < -0.39 is 6.04 Å². The van der Waals surface area contributed by atoms with Crippen molar-refractivity contribution in [2.45, 2.75) is 57.2 Å². The van der Waals surface area contributed by atoms with Gasteiger partial charge < -0.3 is 20.1 Å². The fraction of sp³-hybridized carbons (Fsp3) is 0.548. The first-order valence-electron chi connectivity index (χ1n) is 14.4. The summed E-state index contributed by atoms with van der Waals surface area (Å²) in [7, 11) is 1.70. The van der Waals surface area contributed by atoms with E-state index in [0.29, 0.717) is 18.9 Å². The molecule has 0 bridgehead atoms. The molecule has 2 aliphatic rings. The van der Waals surface area contributed by atoms with Crippen LogP contribution >= 0.6 is 23.5 Å². The number of rotatable bonds is 15. The molecule has 1 saturated carbocycles. The topological polar surface area (TPSA) is 79.9 Å². The molecule has 0 aromatic heterocycles. The van der Waals surface area contributed by atoms with Gasteiger partial charge in [-0.3, -0.25) is 14.5 Å². The van der Waals surface area contributed by atoms with E-state index in [9.17, 15) is 9.59 Å². The smallest absolute Gasteiger partial charge is 0.243 e. The van der Waals surface area contributed by atoms with Crippen LogP contribution in [0.5, 0.6) is 11.5 Å². The molecule has 2 N–H and O–H groups in total. The highest BCUT2D eigenvalue weighted by Gasteiger charge is 2.33. The number of ether oxygens (including phenoxy) is 2. The molecule has 40 heavy (non-hydrogen) atoms. The van der Waals surface area contributed by atoms with Gasteiger partial charge in [0.15, 0.2) is 0 Å². The van der Waals surface area contributed by atoms with Crippen molar-refractivity contribution in [2.75, 3.05) is 43.4 Å². The molecule has 1 aliphatic heterocycles. The quantitative estimate of drug-likeness (QED) is 0.275. The first-order valence-corrected chi connectivity index (χ1v) is 16.7. The molecule has 7 nitrogen and oxygen atoms in total. The normalized spacial score (nSPS) is 18.8. The maximum absolute atomic E-state index is 13.4. The summed E-state index contributed by atoms with van der Waals surface area (Å²) in [6.45, 7) is 1.89. The fourth-order valence-electron chi connectivity index (χ4n) is 5.12. The van der Waals surface area contributed by atoms with Crippen molar-refractivity contribution < 1.29 is 19.1 Å². The van der Waals surface area contributed by atoms with Crippen molar-refractivity contribution in [3.8, 4) is 11.5 Å². The Bertz CT molecular complexity index is 1030. The van der Waals surface area contributed by atoms with Crippen molar-refractivity contribution in [1.82, 2.24) is 15.5 Å². The summed E-state index contributed by atoms with van der Waals surface area (Å²) in [6.07, 6.45) is 7.38. The van der Waals surface area contributed by atoms with Gasteiger partial charge in [-0.1, -0.05) is 49.6 Å². The standard InChI is InChI=1S/C31H43N3O4S2/c1-37-18-8-17-34-23-40-22-29(34)31(36)33-28(21-39-20-25-9-4-2-5-10-25)30(35)32-19-24-13-15-27(16-14-24)38-26-11-6-3-7-12-26/h3,6-7,11-16,25,28-29H,2,4-5,8-10,17-23H2,1H3,(H,32,35)(H,33,36)/t28-,29-/m0/s1. The van der Waals surface area contributed by atoms with Crippen molar-refractivity contribution in [3.05, 3.63) is 60.2 Å². The molecule has 2 amide bonds. The van der Waals surface area contributed by atoms with Crippen molar-refractivity contribution in [3.63, 3.8) is 0 Å². The molecular formula is C31H43N3O4S2. The van der Waals surface area contributed by atoms with Crippen LogP contribution in [0.1, 0.15) is 44.1 Å². The number of benzene rings is 2. The third-order valence-corrected chi connectivity index (χ3v) is 9.78. The number of nitrogens with zero attached hydrogens (tertiary/aromatic N) is 1. The number of carbonyl (C=O) groups is 2. The molecule has 2 aromatic rings. The van der Waals surface area contributed by atoms with Gasteiger partial charge in [0, 0.05) is 44.2 Å². The minimum Gasteiger partial charge on any atom is -0.457 e. The van der Waals surface area contributed by atoms with Gasteiger partial charge in [0.1, 0.15) is 17.5 Å². The van der Waals surface area contributed by atoms with Crippen LogP contribution in [0.15, 0.2) is 54.6 Å². The van der Waals surface area contributed by atoms with Gasteiger partial charge in [-0.05, 0) is 60.8 Å². The van der Waals surface area contributed by atoms with E-state index in [1.807, 2.05) is 54.6 Å². The molecule has 1 heterocycles. The zero-order chi connectivity index (χ0) is 28.0. The van der Waals surface area contributed by atoms with Crippen LogP contribution in [0.3, 0.4) is 0 Å². The van der Waals surface area contributed by atoms with Crippen LogP contribution in [0.2, 0.25) is 0 Å². The minimum atomic E-state index is -0.562. The van der Waals surface area contributed by atoms with Crippen LogP contribution in [-0.2, 0) is 20.9 Å². The lowest BCUT2D eigenvalue weighted by Crippen LogP contribution is -2.54. The van der Waals surface area contributed by atoms with Crippen molar-refractivity contribution >= 4 is 35.3 Å². The second-order valence-corrected chi connectivity index (χ2v) is 12.6. The van der Waals surface area contributed by atoms with E-state index in [-0.39, 0.29) is 17.9 Å². The van der Waals surface area contributed by atoms with Gasteiger partial charge in [-0.2, -0.15) is 11.8 Å². The number of para-hydroxylation sites is 1.